The number of para-hydroxylation sites is 1. The van der Waals surface area contributed by atoms with Gasteiger partial charge in [0.2, 0.25) is 11.1 Å². The number of aromatic nitrogens is 3. The Balaban J connectivity index is 1.99. The van der Waals surface area contributed by atoms with Crippen molar-refractivity contribution in [1.82, 2.24) is 14.9 Å². The number of anilines is 1. The number of hydrogen-bond acceptors (Lipinski definition) is 5. The van der Waals surface area contributed by atoms with Crippen LogP contribution in [0.5, 0.6) is 0 Å². The monoisotopic (exact) mass is 319 g/mol. The Kier molecular flexibility index (Phi) is 5.43. The van der Waals surface area contributed by atoms with Gasteiger partial charge < -0.3 is 11.2 Å². The Morgan fingerprint density at radius 2 is 2.14 bits per heavy atom. The van der Waals surface area contributed by atoms with E-state index in [1.807, 2.05) is 18.2 Å². The first kappa shape index (κ1) is 16.4. The van der Waals surface area contributed by atoms with E-state index in [-0.39, 0.29) is 11.7 Å². The quantitative estimate of drug-likeness (QED) is 0.631. The lowest BCUT2D eigenvalue weighted by Crippen LogP contribution is -2.17. The number of carbonyl (C=O) groups is 1. The van der Waals surface area contributed by atoms with Crippen molar-refractivity contribution in [2.24, 2.45) is 0 Å². The van der Waals surface area contributed by atoms with Gasteiger partial charge in [-0.3, -0.25) is 4.79 Å². The molecule has 3 N–H and O–H groups in total. The van der Waals surface area contributed by atoms with Gasteiger partial charge in [0.15, 0.2) is 0 Å². The smallest absolute Gasteiger partial charge is 0.234 e. The van der Waals surface area contributed by atoms with Gasteiger partial charge in [0.05, 0.1) is 5.75 Å². The summed E-state index contributed by atoms with van der Waals surface area (Å²) in [5.74, 6) is 6.94. The average Bonchev–Trinajstić information content (AvgIpc) is 2.84. The molecular formula is C15H21N5OS. The van der Waals surface area contributed by atoms with Crippen molar-refractivity contribution in [3.63, 3.8) is 0 Å². The molecule has 1 heterocycles. The van der Waals surface area contributed by atoms with Crippen LogP contribution < -0.4 is 11.2 Å². The first-order valence-electron chi connectivity index (χ1n) is 7.21. The van der Waals surface area contributed by atoms with Crippen LogP contribution in [0.25, 0.3) is 0 Å². The third kappa shape index (κ3) is 3.79. The van der Waals surface area contributed by atoms with Gasteiger partial charge in [-0.15, -0.1) is 10.2 Å². The molecule has 22 heavy (non-hydrogen) atoms. The molecule has 0 saturated heterocycles. The SMILES string of the molecule is CC[C@H](C)c1ccccc1NC(=O)CSc1nnc(C)n1N. The molecule has 0 aliphatic rings. The maximum Gasteiger partial charge on any atom is 0.234 e. The summed E-state index contributed by atoms with van der Waals surface area (Å²) < 4.78 is 1.38. The van der Waals surface area contributed by atoms with E-state index < -0.39 is 0 Å². The molecule has 1 aromatic carbocycles. The van der Waals surface area contributed by atoms with Crippen molar-refractivity contribution < 1.29 is 4.79 Å². The summed E-state index contributed by atoms with van der Waals surface area (Å²) in [5.41, 5.74) is 2.02. The minimum atomic E-state index is -0.0820. The molecule has 0 aliphatic carbocycles. The molecule has 0 bridgehead atoms. The zero-order valence-corrected chi connectivity index (χ0v) is 13.9. The van der Waals surface area contributed by atoms with E-state index in [2.05, 4.69) is 35.4 Å². The van der Waals surface area contributed by atoms with Gasteiger partial charge in [-0.05, 0) is 30.9 Å². The molecular weight excluding hydrogens is 298 g/mol. The van der Waals surface area contributed by atoms with E-state index >= 15 is 0 Å². The number of nitrogens with two attached hydrogens (primary N) is 1. The molecule has 0 saturated carbocycles. The van der Waals surface area contributed by atoms with Gasteiger partial charge in [0.1, 0.15) is 5.82 Å². The van der Waals surface area contributed by atoms with Crippen LogP contribution in [0.2, 0.25) is 0 Å². The van der Waals surface area contributed by atoms with Crippen molar-refractivity contribution in [1.29, 1.82) is 0 Å². The van der Waals surface area contributed by atoms with E-state index in [1.54, 1.807) is 6.92 Å². The average molecular weight is 319 g/mol. The fourth-order valence-corrected chi connectivity index (χ4v) is 2.73. The summed E-state index contributed by atoms with van der Waals surface area (Å²) in [6.45, 7) is 6.05. The molecule has 2 rings (SSSR count). The molecule has 0 radical (unpaired) electrons. The second kappa shape index (κ2) is 7.31. The number of nitrogens with one attached hydrogen (secondary N) is 1. The molecule has 1 aromatic heterocycles. The lowest BCUT2D eigenvalue weighted by Gasteiger charge is -2.15. The second-order valence-electron chi connectivity index (χ2n) is 5.13. The van der Waals surface area contributed by atoms with Crippen LogP contribution in [0, 0.1) is 6.92 Å². The first-order valence-corrected chi connectivity index (χ1v) is 8.20. The number of hydrogen-bond donors (Lipinski definition) is 2. The topological polar surface area (TPSA) is 85.8 Å². The highest BCUT2D eigenvalue weighted by atomic mass is 32.2. The lowest BCUT2D eigenvalue weighted by atomic mass is 9.97. The Morgan fingerprint density at radius 3 is 2.77 bits per heavy atom. The molecule has 0 aliphatic heterocycles. The highest BCUT2D eigenvalue weighted by Gasteiger charge is 2.13. The lowest BCUT2D eigenvalue weighted by molar-refractivity contribution is -0.113. The number of thioether (sulfide) groups is 1. The molecule has 7 heteroatoms. The van der Waals surface area contributed by atoms with Crippen LogP contribution in [0.3, 0.4) is 0 Å². The number of benzene rings is 1. The zero-order valence-electron chi connectivity index (χ0n) is 13.0. The summed E-state index contributed by atoms with van der Waals surface area (Å²) in [6, 6.07) is 7.90. The van der Waals surface area contributed by atoms with Crippen LogP contribution in [-0.4, -0.2) is 26.5 Å². The van der Waals surface area contributed by atoms with Crippen LogP contribution in [0.15, 0.2) is 29.4 Å². The molecule has 0 unspecified atom stereocenters. The number of aryl methyl sites for hydroxylation is 1. The van der Waals surface area contributed by atoms with Gasteiger partial charge in [-0.1, -0.05) is 43.8 Å². The fourth-order valence-electron chi connectivity index (χ4n) is 2.03. The molecule has 6 nitrogen and oxygen atoms in total. The third-order valence-electron chi connectivity index (χ3n) is 3.55. The number of nitrogen functional groups attached to an aromatic ring is 1. The van der Waals surface area contributed by atoms with Crippen molar-refractivity contribution in [2.75, 3.05) is 16.9 Å². The third-order valence-corrected chi connectivity index (χ3v) is 4.49. The minimum Gasteiger partial charge on any atom is -0.336 e. The van der Waals surface area contributed by atoms with Crippen LogP contribution in [-0.2, 0) is 4.79 Å². The van der Waals surface area contributed by atoms with Crippen molar-refractivity contribution >= 4 is 23.4 Å². The van der Waals surface area contributed by atoms with E-state index in [1.165, 1.54) is 16.4 Å². The van der Waals surface area contributed by atoms with Crippen LogP contribution in [0.4, 0.5) is 5.69 Å². The molecule has 1 amide bonds. The molecule has 2 aromatic rings. The van der Waals surface area contributed by atoms with Crippen molar-refractivity contribution in [3.8, 4) is 0 Å². The maximum absolute atomic E-state index is 12.1. The number of carbonyl (C=O) groups excluding carboxylic acids is 1. The highest BCUT2D eigenvalue weighted by Crippen LogP contribution is 2.26. The van der Waals surface area contributed by atoms with Crippen LogP contribution >= 0.6 is 11.8 Å². The largest absolute Gasteiger partial charge is 0.336 e. The van der Waals surface area contributed by atoms with Crippen molar-refractivity contribution in [2.45, 2.75) is 38.3 Å². The maximum atomic E-state index is 12.1. The summed E-state index contributed by atoms with van der Waals surface area (Å²) in [4.78, 5) is 12.1. The summed E-state index contributed by atoms with van der Waals surface area (Å²) in [5, 5.41) is 11.3. The predicted molar refractivity (Wildman–Crippen MR) is 89.4 cm³/mol. The Bertz CT molecular complexity index is 655. The summed E-state index contributed by atoms with van der Waals surface area (Å²) in [7, 11) is 0. The van der Waals surface area contributed by atoms with Crippen LogP contribution in [0.1, 0.15) is 37.6 Å². The first-order chi connectivity index (χ1) is 10.5. The summed E-state index contributed by atoms with van der Waals surface area (Å²) >= 11 is 1.27. The van der Waals surface area contributed by atoms with E-state index in [4.69, 9.17) is 5.84 Å². The standard InChI is InChI=1S/C15H21N5OS/c1-4-10(2)12-7-5-6-8-13(12)17-14(21)9-22-15-19-18-11(3)20(15)16/h5-8,10H,4,9,16H2,1-3H3,(H,17,21)/t10-/m0/s1. The number of nitrogens with zero attached hydrogens (tertiary/aromatic N) is 3. The van der Waals surface area contributed by atoms with Gasteiger partial charge in [-0.25, -0.2) is 4.68 Å². The van der Waals surface area contributed by atoms with Gasteiger partial charge in [0.25, 0.3) is 0 Å². The van der Waals surface area contributed by atoms with Gasteiger partial charge in [0, 0.05) is 5.69 Å². The van der Waals surface area contributed by atoms with Gasteiger partial charge >= 0.3 is 0 Å². The summed E-state index contributed by atoms with van der Waals surface area (Å²) in [6.07, 6.45) is 1.02. The molecule has 0 fully saturated rings. The molecule has 1 atom stereocenters. The minimum absolute atomic E-state index is 0.0820. The second-order valence-corrected chi connectivity index (χ2v) is 6.08. The normalized spacial score (nSPS) is 12.1. The fraction of sp³-hybridized carbons (Fsp3) is 0.400. The van der Waals surface area contributed by atoms with Gasteiger partial charge in [-0.2, -0.15) is 0 Å². The van der Waals surface area contributed by atoms with E-state index in [9.17, 15) is 4.79 Å². The van der Waals surface area contributed by atoms with E-state index in [0.29, 0.717) is 16.9 Å². The van der Waals surface area contributed by atoms with Crippen molar-refractivity contribution in [3.05, 3.63) is 35.7 Å². The predicted octanol–water partition coefficient (Wildman–Crippen LogP) is 2.54. The Labute approximate surface area is 134 Å². The number of rotatable bonds is 6. The number of amides is 1. The Hall–Kier alpha value is -2.02. The van der Waals surface area contributed by atoms with E-state index in [0.717, 1.165) is 17.7 Å². The zero-order chi connectivity index (χ0) is 16.1. The Morgan fingerprint density at radius 1 is 1.41 bits per heavy atom. The molecule has 0 spiro atoms. The molecule has 118 valence electrons. The highest BCUT2D eigenvalue weighted by molar-refractivity contribution is 7.99.